The standard InChI is InChI=1S/C20H26O4/c1-13(21)24-15-8-6-14-7-9-17-19(2,16(14)12-15)10-5-11-20(17,3)18(22)23-4/h6,8,12,17H,5,7,9-11H2,1-4H3/t17-,19-,20+/m1/s1. The van der Waals surface area contributed by atoms with E-state index in [4.69, 9.17) is 9.47 Å². The SMILES string of the molecule is COC(=O)[C@@]1(C)CCC[C@]2(C)c3cc(OC(C)=O)ccc3CC[C@@H]12. The van der Waals surface area contributed by atoms with Crippen molar-refractivity contribution in [3.63, 3.8) is 0 Å². The van der Waals surface area contributed by atoms with E-state index in [0.29, 0.717) is 5.75 Å². The third-order valence-corrected chi connectivity index (χ3v) is 6.24. The topological polar surface area (TPSA) is 52.6 Å². The maximum Gasteiger partial charge on any atom is 0.311 e. The lowest BCUT2D eigenvalue weighted by molar-refractivity contribution is -0.161. The minimum atomic E-state index is -0.448. The molecule has 1 saturated carbocycles. The minimum Gasteiger partial charge on any atom is -0.469 e. The molecule has 24 heavy (non-hydrogen) atoms. The van der Waals surface area contributed by atoms with E-state index >= 15 is 0 Å². The van der Waals surface area contributed by atoms with E-state index in [1.54, 1.807) is 0 Å². The molecule has 4 nitrogen and oxygen atoms in total. The van der Waals surface area contributed by atoms with Gasteiger partial charge in [0.1, 0.15) is 5.75 Å². The van der Waals surface area contributed by atoms with E-state index in [9.17, 15) is 9.59 Å². The summed E-state index contributed by atoms with van der Waals surface area (Å²) in [5.74, 6) is 0.424. The second kappa shape index (κ2) is 5.91. The molecule has 0 unspecified atom stereocenters. The molecule has 0 heterocycles. The molecule has 0 saturated heterocycles. The number of hydrogen-bond donors (Lipinski definition) is 0. The lowest BCUT2D eigenvalue weighted by Gasteiger charge is -2.54. The number of rotatable bonds is 2. The molecule has 0 bridgehead atoms. The molecular weight excluding hydrogens is 304 g/mol. The second-order valence-electron chi connectivity index (χ2n) is 7.68. The summed E-state index contributed by atoms with van der Waals surface area (Å²) in [6.07, 6.45) is 4.85. The van der Waals surface area contributed by atoms with Crippen molar-refractivity contribution in [3.05, 3.63) is 29.3 Å². The lowest BCUT2D eigenvalue weighted by Crippen LogP contribution is -2.52. The van der Waals surface area contributed by atoms with Crippen LogP contribution in [0.2, 0.25) is 0 Å². The van der Waals surface area contributed by atoms with E-state index in [0.717, 1.165) is 32.1 Å². The molecule has 4 heteroatoms. The molecule has 0 aromatic heterocycles. The largest absolute Gasteiger partial charge is 0.469 e. The van der Waals surface area contributed by atoms with Crippen LogP contribution < -0.4 is 4.74 Å². The summed E-state index contributed by atoms with van der Waals surface area (Å²) in [7, 11) is 1.48. The van der Waals surface area contributed by atoms with Crippen molar-refractivity contribution in [2.75, 3.05) is 7.11 Å². The van der Waals surface area contributed by atoms with Gasteiger partial charge in [-0.1, -0.05) is 19.4 Å². The molecule has 0 amide bonds. The number of ether oxygens (including phenoxy) is 2. The van der Waals surface area contributed by atoms with Gasteiger partial charge in [0, 0.05) is 6.92 Å². The van der Waals surface area contributed by atoms with E-state index in [2.05, 4.69) is 19.9 Å². The highest BCUT2D eigenvalue weighted by Crippen LogP contribution is 2.57. The van der Waals surface area contributed by atoms with Crippen LogP contribution in [0, 0.1) is 11.3 Å². The Hall–Kier alpha value is -1.84. The van der Waals surface area contributed by atoms with Crippen LogP contribution in [0.25, 0.3) is 0 Å². The quantitative estimate of drug-likeness (QED) is 0.611. The van der Waals surface area contributed by atoms with Crippen molar-refractivity contribution in [1.29, 1.82) is 0 Å². The van der Waals surface area contributed by atoms with Crippen molar-refractivity contribution in [1.82, 2.24) is 0 Å². The molecule has 3 rings (SSSR count). The molecule has 0 spiro atoms. The van der Waals surface area contributed by atoms with Crippen molar-refractivity contribution >= 4 is 11.9 Å². The summed E-state index contributed by atoms with van der Waals surface area (Å²) in [5.41, 5.74) is 1.99. The molecule has 3 atom stereocenters. The number of fused-ring (bicyclic) bond motifs is 3. The first-order valence-electron chi connectivity index (χ1n) is 8.71. The summed E-state index contributed by atoms with van der Waals surface area (Å²) in [6.45, 7) is 5.73. The smallest absolute Gasteiger partial charge is 0.311 e. The summed E-state index contributed by atoms with van der Waals surface area (Å²) < 4.78 is 10.4. The Labute approximate surface area is 143 Å². The predicted molar refractivity (Wildman–Crippen MR) is 90.9 cm³/mol. The number of aryl methyl sites for hydroxylation is 1. The molecule has 2 aliphatic carbocycles. The zero-order chi connectivity index (χ0) is 17.5. The zero-order valence-corrected chi connectivity index (χ0v) is 15.0. The van der Waals surface area contributed by atoms with E-state index in [-0.39, 0.29) is 23.3 Å². The molecule has 1 aromatic rings. The number of methoxy groups -OCH3 is 1. The van der Waals surface area contributed by atoms with Gasteiger partial charge in [-0.2, -0.15) is 0 Å². The summed E-state index contributed by atoms with van der Waals surface area (Å²) in [5, 5.41) is 0. The fourth-order valence-corrected chi connectivity index (χ4v) is 5.15. The first-order chi connectivity index (χ1) is 11.3. The van der Waals surface area contributed by atoms with Crippen LogP contribution in [0.3, 0.4) is 0 Å². The van der Waals surface area contributed by atoms with Gasteiger partial charge < -0.3 is 9.47 Å². The zero-order valence-electron chi connectivity index (χ0n) is 15.0. The summed E-state index contributed by atoms with van der Waals surface area (Å²) >= 11 is 0. The van der Waals surface area contributed by atoms with E-state index < -0.39 is 5.41 Å². The molecular formula is C20H26O4. The van der Waals surface area contributed by atoms with Crippen LogP contribution in [0.5, 0.6) is 5.75 Å². The fourth-order valence-electron chi connectivity index (χ4n) is 5.15. The van der Waals surface area contributed by atoms with Gasteiger partial charge in [0.2, 0.25) is 0 Å². The fraction of sp³-hybridized carbons (Fsp3) is 0.600. The number of carbonyl (C=O) groups excluding carboxylic acids is 2. The highest BCUT2D eigenvalue weighted by atomic mass is 16.5. The van der Waals surface area contributed by atoms with Crippen LogP contribution >= 0.6 is 0 Å². The lowest BCUT2D eigenvalue weighted by atomic mass is 9.50. The first kappa shape index (κ1) is 17.0. The Balaban J connectivity index is 2.06. The average Bonchev–Trinajstić information content (AvgIpc) is 2.53. The van der Waals surface area contributed by atoms with Gasteiger partial charge in [0.15, 0.2) is 0 Å². The van der Waals surface area contributed by atoms with Gasteiger partial charge in [-0.05, 0) is 67.2 Å². The highest BCUT2D eigenvalue weighted by Gasteiger charge is 2.55. The number of carbonyl (C=O) groups is 2. The molecule has 1 fully saturated rings. The molecule has 2 aliphatic rings. The summed E-state index contributed by atoms with van der Waals surface area (Å²) in [4.78, 5) is 23.8. The van der Waals surface area contributed by atoms with E-state index in [1.165, 1.54) is 25.2 Å². The van der Waals surface area contributed by atoms with Crippen molar-refractivity contribution in [2.45, 2.75) is 58.3 Å². The molecule has 0 radical (unpaired) electrons. The maximum absolute atomic E-state index is 12.5. The van der Waals surface area contributed by atoms with Crippen molar-refractivity contribution in [2.24, 2.45) is 11.3 Å². The van der Waals surface area contributed by atoms with Gasteiger partial charge in [0.25, 0.3) is 0 Å². The molecule has 0 aliphatic heterocycles. The van der Waals surface area contributed by atoms with Gasteiger partial charge in [-0.3, -0.25) is 9.59 Å². The van der Waals surface area contributed by atoms with Crippen LogP contribution in [0.4, 0.5) is 0 Å². The van der Waals surface area contributed by atoms with Gasteiger partial charge in [-0.25, -0.2) is 0 Å². The van der Waals surface area contributed by atoms with Gasteiger partial charge in [-0.15, -0.1) is 0 Å². The monoisotopic (exact) mass is 330 g/mol. The Morgan fingerprint density at radius 2 is 1.96 bits per heavy atom. The molecule has 130 valence electrons. The maximum atomic E-state index is 12.5. The van der Waals surface area contributed by atoms with Crippen LogP contribution in [0.1, 0.15) is 57.6 Å². The normalized spacial score (nSPS) is 31.6. The number of benzene rings is 1. The highest BCUT2D eigenvalue weighted by molar-refractivity contribution is 5.77. The first-order valence-corrected chi connectivity index (χ1v) is 8.71. The van der Waals surface area contributed by atoms with Gasteiger partial charge in [0.05, 0.1) is 12.5 Å². The Kier molecular flexibility index (Phi) is 4.18. The van der Waals surface area contributed by atoms with E-state index in [1.807, 2.05) is 12.1 Å². The van der Waals surface area contributed by atoms with Crippen LogP contribution in [0.15, 0.2) is 18.2 Å². The van der Waals surface area contributed by atoms with Gasteiger partial charge >= 0.3 is 11.9 Å². The van der Waals surface area contributed by atoms with Crippen molar-refractivity contribution < 1.29 is 19.1 Å². The number of hydrogen-bond acceptors (Lipinski definition) is 4. The Morgan fingerprint density at radius 1 is 1.21 bits per heavy atom. The third-order valence-electron chi connectivity index (χ3n) is 6.24. The number of esters is 2. The predicted octanol–water partition coefficient (Wildman–Crippen LogP) is 3.80. The average molecular weight is 330 g/mol. The Morgan fingerprint density at radius 3 is 2.62 bits per heavy atom. The van der Waals surface area contributed by atoms with Crippen molar-refractivity contribution in [3.8, 4) is 5.75 Å². The molecule has 1 aromatic carbocycles. The second-order valence-corrected chi connectivity index (χ2v) is 7.68. The minimum absolute atomic E-state index is 0.0923. The van der Waals surface area contributed by atoms with Crippen LogP contribution in [-0.4, -0.2) is 19.0 Å². The third kappa shape index (κ3) is 2.52. The van der Waals surface area contributed by atoms with Crippen LogP contribution in [-0.2, 0) is 26.2 Å². The Bertz CT molecular complexity index is 680. The summed E-state index contributed by atoms with van der Waals surface area (Å²) in [6, 6.07) is 5.94. The molecule has 0 N–H and O–H groups in total.